The van der Waals surface area contributed by atoms with Crippen molar-refractivity contribution in [1.29, 1.82) is 0 Å². The number of aryl methyl sites for hydroxylation is 1. The number of sulfonamides is 1. The molecule has 0 saturated carbocycles. The third kappa shape index (κ3) is 5.78. The maximum atomic E-state index is 14.0. The Morgan fingerprint density at radius 1 is 1.03 bits per heavy atom. The molecule has 0 radical (unpaired) electrons. The zero-order valence-corrected chi connectivity index (χ0v) is 19.9. The van der Waals surface area contributed by atoms with Gasteiger partial charge in [0.1, 0.15) is 11.9 Å². The van der Waals surface area contributed by atoms with Crippen LogP contribution >= 0.6 is 0 Å². The number of halogens is 1. The van der Waals surface area contributed by atoms with E-state index in [0.717, 1.165) is 19.3 Å². The van der Waals surface area contributed by atoms with Gasteiger partial charge in [-0.15, -0.1) is 0 Å². The first kappa shape index (κ1) is 24.9. The lowest BCUT2D eigenvalue weighted by molar-refractivity contribution is -0.118. The molecule has 1 aliphatic rings. The minimum Gasteiger partial charge on any atom is -0.340 e. The third-order valence-corrected chi connectivity index (χ3v) is 7.67. The van der Waals surface area contributed by atoms with Gasteiger partial charge < -0.3 is 10.6 Å². The molecular formula is C24H30FN3O4S. The molecule has 2 aromatic carbocycles. The number of nitrogens with one attached hydrogen (secondary N) is 2. The molecule has 0 spiro atoms. The molecule has 9 heteroatoms. The van der Waals surface area contributed by atoms with Gasteiger partial charge in [0, 0.05) is 18.8 Å². The summed E-state index contributed by atoms with van der Waals surface area (Å²) < 4.78 is 41.5. The monoisotopic (exact) mass is 475 g/mol. The van der Waals surface area contributed by atoms with Gasteiger partial charge in [0.2, 0.25) is 15.9 Å². The Morgan fingerprint density at radius 2 is 1.70 bits per heavy atom. The van der Waals surface area contributed by atoms with Gasteiger partial charge in [-0.3, -0.25) is 9.59 Å². The van der Waals surface area contributed by atoms with Crippen LogP contribution in [0.5, 0.6) is 0 Å². The second-order valence-corrected chi connectivity index (χ2v) is 10.5. The Kier molecular flexibility index (Phi) is 7.86. The van der Waals surface area contributed by atoms with Crippen LogP contribution in [0.25, 0.3) is 0 Å². The van der Waals surface area contributed by atoms with Gasteiger partial charge in [-0.2, -0.15) is 4.31 Å². The first-order valence-corrected chi connectivity index (χ1v) is 12.5. The molecule has 2 amide bonds. The number of rotatable bonds is 7. The lowest BCUT2D eigenvalue weighted by Gasteiger charge is -2.26. The number of piperidine rings is 1. The predicted molar refractivity (Wildman–Crippen MR) is 125 cm³/mol. The topological polar surface area (TPSA) is 95.6 Å². The first-order valence-electron chi connectivity index (χ1n) is 11.1. The minimum atomic E-state index is -3.66. The van der Waals surface area contributed by atoms with Crippen molar-refractivity contribution in [1.82, 2.24) is 9.62 Å². The molecular weight excluding hydrogens is 445 g/mol. The summed E-state index contributed by atoms with van der Waals surface area (Å²) in [6.45, 7) is 6.24. The van der Waals surface area contributed by atoms with Crippen molar-refractivity contribution in [3.63, 3.8) is 0 Å². The Balaban J connectivity index is 1.80. The smallest absolute Gasteiger partial charge is 0.254 e. The van der Waals surface area contributed by atoms with E-state index in [2.05, 4.69) is 10.6 Å². The summed E-state index contributed by atoms with van der Waals surface area (Å²) in [5, 5.41) is 5.34. The van der Waals surface area contributed by atoms with E-state index in [-0.39, 0.29) is 16.4 Å². The fraction of sp³-hybridized carbons (Fsp3) is 0.417. The molecule has 0 aromatic heterocycles. The zero-order chi connectivity index (χ0) is 24.2. The van der Waals surface area contributed by atoms with Gasteiger partial charge in [0.05, 0.1) is 10.5 Å². The standard InChI is InChI=1S/C24H30FN3O4S/c1-16(2)22(27-23(29)19-9-5-6-10-20(19)25)24(30)26-21-15-18(12-11-17(21)3)33(31,32)28-13-7-4-8-14-28/h5-6,9-12,15-16,22H,4,7-8,13-14H2,1-3H3,(H,26,30)(H,27,29). The number of hydrogen-bond donors (Lipinski definition) is 2. The third-order valence-electron chi connectivity index (χ3n) is 5.77. The molecule has 0 aliphatic carbocycles. The first-order chi connectivity index (χ1) is 15.6. The molecule has 1 aliphatic heterocycles. The van der Waals surface area contributed by atoms with E-state index in [4.69, 9.17) is 0 Å². The van der Waals surface area contributed by atoms with Crippen molar-refractivity contribution in [2.45, 2.75) is 51.0 Å². The number of benzene rings is 2. The van der Waals surface area contributed by atoms with Crippen LogP contribution in [0.4, 0.5) is 10.1 Å². The molecule has 33 heavy (non-hydrogen) atoms. The summed E-state index contributed by atoms with van der Waals surface area (Å²) in [5.74, 6) is -2.17. The van der Waals surface area contributed by atoms with Gasteiger partial charge in [0.25, 0.3) is 5.91 Å². The summed E-state index contributed by atoms with van der Waals surface area (Å²) in [6, 6.07) is 9.23. The predicted octanol–water partition coefficient (Wildman–Crippen LogP) is 3.70. The highest BCUT2D eigenvalue weighted by molar-refractivity contribution is 7.89. The molecule has 1 heterocycles. The highest BCUT2D eigenvalue weighted by atomic mass is 32.2. The van der Waals surface area contributed by atoms with Gasteiger partial charge in [-0.25, -0.2) is 12.8 Å². The molecule has 1 unspecified atom stereocenters. The fourth-order valence-electron chi connectivity index (χ4n) is 3.76. The second-order valence-electron chi connectivity index (χ2n) is 8.61. The van der Waals surface area contributed by atoms with Crippen molar-refractivity contribution in [2.75, 3.05) is 18.4 Å². The van der Waals surface area contributed by atoms with Gasteiger partial charge in [-0.05, 0) is 55.5 Å². The Labute approximate surface area is 194 Å². The molecule has 0 bridgehead atoms. The van der Waals surface area contributed by atoms with Crippen molar-refractivity contribution < 1.29 is 22.4 Å². The van der Waals surface area contributed by atoms with Gasteiger partial charge in [-0.1, -0.05) is 38.5 Å². The summed E-state index contributed by atoms with van der Waals surface area (Å²) in [4.78, 5) is 25.7. The SMILES string of the molecule is Cc1ccc(S(=O)(=O)N2CCCCC2)cc1NC(=O)C(NC(=O)c1ccccc1F)C(C)C. The quantitative estimate of drug-likeness (QED) is 0.638. The molecule has 3 rings (SSSR count). The summed E-state index contributed by atoms with van der Waals surface area (Å²) in [5.41, 5.74) is 0.884. The number of carbonyl (C=O) groups excluding carboxylic acids is 2. The zero-order valence-electron chi connectivity index (χ0n) is 19.1. The Hall–Kier alpha value is -2.78. The average molecular weight is 476 g/mol. The van der Waals surface area contributed by atoms with E-state index in [1.807, 2.05) is 0 Å². The largest absolute Gasteiger partial charge is 0.340 e. The summed E-state index contributed by atoms with van der Waals surface area (Å²) in [7, 11) is -3.66. The average Bonchev–Trinajstić information content (AvgIpc) is 2.79. The number of anilines is 1. The van der Waals surface area contributed by atoms with E-state index >= 15 is 0 Å². The number of carbonyl (C=O) groups is 2. The van der Waals surface area contributed by atoms with Gasteiger partial charge >= 0.3 is 0 Å². The van der Waals surface area contributed by atoms with Crippen LogP contribution in [0.1, 0.15) is 49.0 Å². The Morgan fingerprint density at radius 3 is 2.33 bits per heavy atom. The molecule has 7 nitrogen and oxygen atoms in total. The minimum absolute atomic E-state index is 0.113. The lowest BCUT2D eigenvalue weighted by Crippen LogP contribution is -2.47. The number of nitrogens with zero attached hydrogens (tertiary/aromatic N) is 1. The highest BCUT2D eigenvalue weighted by Crippen LogP contribution is 2.25. The van der Waals surface area contributed by atoms with Gasteiger partial charge in [0.15, 0.2) is 0 Å². The van der Waals surface area contributed by atoms with Crippen molar-refractivity contribution in [3.05, 3.63) is 59.4 Å². The number of hydrogen-bond acceptors (Lipinski definition) is 4. The van der Waals surface area contributed by atoms with Crippen LogP contribution in [0.3, 0.4) is 0 Å². The number of amides is 2. The molecule has 2 N–H and O–H groups in total. The summed E-state index contributed by atoms with van der Waals surface area (Å²) >= 11 is 0. The van der Waals surface area contributed by atoms with Crippen LogP contribution in [-0.4, -0.2) is 43.7 Å². The van der Waals surface area contributed by atoms with Crippen LogP contribution < -0.4 is 10.6 Å². The van der Waals surface area contributed by atoms with Crippen LogP contribution in [0.2, 0.25) is 0 Å². The molecule has 1 saturated heterocycles. The Bertz CT molecular complexity index is 1130. The van der Waals surface area contributed by atoms with Crippen LogP contribution in [-0.2, 0) is 14.8 Å². The lowest BCUT2D eigenvalue weighted by atomic mass is 10.0. The van der Waals surface area contributed by atoms with Crippen LogP contribution in [0, 0.1) is 18.7 Å². The van der Waals surface area contributed by atoms with Crippen molar-refractivity contribution in [3.8, 4) is 0 Å². The van der Waals surface area contributed by atoms with Crippen LogP contribution in [0.15, 0.2) is 47.4 Å². The van der Waals surface area contributed by atoms with E-state index < -0.39 is 33.7 Å². The van der Waals surface area contributed by atoms with E-state index in [0.29, 0.717) is 24.3 Å². The van der Waals surface area contributed by atoms with Crippen molar-refractivity contribution >= 4 is 27.5 Å². The van der Waals surface area contributed by atoms with E-state index in [9.17, 15) is 22.4 Å². The van der Waals surface area contributed by atoms with E-state index in [1.54, 1.807) is 32.9 Å². The molecule has 1 fully saturated rings. The molecule has 178 valence electrons. The van der Waals surface area contributed by atoms with Crippen molar-refractivity contribution in [2.24, 2.45) is 5.92 Å². The summed E-state index contributed by atoms with van der Waals surface area (Å²) in [6.07, 6.45) is 2.66. The maximum absolute atomic E-state index is 14.0. The van der Waals surface area contributed by atoms with E-state index in [1.165, 1.54) is 34.6 Å². The second kappa shape index (κ2) is 10.4. The highest BCUT2D eigenvalue weighted by Gasteiger charge is 2.28. The molecule has 1 atom stereocenters. The molecule has 2 aromatic rings. The fourth-order valence-corrected chi connectivity index (χ4v) is 5.30. The normalized spacial score (nSPS) is 15.8. The maximum Gasteiger partial charge on any atom is 0.254 e.